The zero-order valence-corrected chi connectivity index (χ0v) is 16.5. The predicted molar refractivity (Wildman–Crippen MR) is 102 cm³/mol. The molecule has 0 atom stereocenters. The maximum Gasteiger partial charge on any atom is 0.229 e. The molecule has 5 nitrogen and oxygen atoms in total. The number of nitrogens with one attached hydrogen (secondary N) is 1. The van der Waals surface area contributed by atoms with E-state index in [2.05, 4.69) is 36.5 Å². The van der Waals surface area contributed by atoms with Gasteiger partial charge in [-0.25, -0.2) is 8.42 Å². The van der Waals surface area contributed by atoms with Gasteiger partial charge < -0.3 is 0 Å². The van der Waals surface area contributed by atoms with Crippen molar-refractivity contribution in [3.05, 3.63) is 29.8 Å². The normalized spacial score (nSPS) is 18.5. The second-order valence-corrected chi connectivity index (χ2v) is 9.96. The summed E-state index contributed by atoms with van der Waals surface area (Å²) in [7, 11) is -3.24. The Morgan fingerprint density at radius 2 is 1.76 bits per heavy atom. The van der Waals surface area contributed by atoms with Gasteiger partial charge in [-0.1, -0.05) is 32.9 Å². The van der Waals surface area contributed by atoms with Gasteiger partial charge in [0.25, 0.3) is 0 Å². The summed E-state index contributed by atoms with van der Waals surface area (Å²) in [4.78, 5) is 2.42. The van der Waals surface area contributed by atoms with Crippen LogP contribution >= 0.6 is 0 Å². The molecule has 1 saturated heterocycles. The van der Waals surface area contributed by atoms with E-state index >= 15 is 0 Å². The van der Waals surface area contributed by atoms with Crippen molar-refractivity contribution < 1.29 is 8.42 Å². The van der Waals surface area contributed by atoms with Crippen molar-refractivity contribution in [1.29, 1.82) is 5.26 Å². The number of benzene rings is 1. The van der Waals surface area contributed by atoms with Gasteiger partial charge in [-0.3, -0.25) is 9.62 Å². The lowest BCUT2D eigenvalue weighted by atomic mass is 9.60. The number of hydrogen-bond acceptors (Lipinski definition) is 4. The molecule has 6 heteroatoms. The molecule has 1 aromatic rings. The minimum absolute atomic E-state index is 0.0987. The van der Waals surface area contributed by atoms with Crippen LogP contribution in [0.1, 0.15) is 45.6 Å². The van der Waals surface area contributed by atoms with Crippen LogP contribution in [0.2, 0.25) is 0 Å². The molecule has 0 amide bonds. The van der Waals surface area contributed by atoms with Gasteiger partial charge >= 0.3 is 0 Å². The number of sulfonamides is 1. The molecule has 2 rings (SSSR count). The van der Waals surface area contributed by atoms with Crippen LogP contribution in [0.5, 0.6) is 0 Å². The van der Waals surface area contributed by atoms with Gasteiger partial charge in [0.05, 0.1) is 12.3 Å². The number of likely N-dealkylation sites (tertiary alicyclic amines) is 1. The van der Waals surface area contributed by atoms with E-state index in [0.717, 1.165) is 38.7 Å². The molecule has 0 bridgehead atoms. The molecule has 0 radical (unpaired) electrons. The van der Waals surface area contributed by atoms with Gasteiger partial charge in [0.1, 0.15) is 0 Å². The molecule has 1 heterocycles. The number of nitriles is 1. The Morgan fingerprint density at radius 3 is 2.20 bits per heavy atom. The van der Waals surface area contributed by atoms with Crippen molar-refractivity contribution in [2.45, 2.75) is 46.6 Å². The van der Waals surface area contributed by atoms with Crippen LogP contribution in [0, 0.1) is 22.2 Å². The molecule has 138 valence electrons. The van der Waals surface area contributed by atoms with Gasteiger partial charge in [-0.15, -0.1) is 0 Å². The summed E-state index contributed by atoms with van der Waals surface area (Å²) < 4.78 is 25.0. The standard InChI is InChI=1S/C19H29N3O2S/c1-18(2,3)19(9-12-20)10-13-22(14-11-19)15-16-5-7-17(8-6-16)21-25(4,23)24/h5-8,21H,9-11,13-15H2,1-4H3. The molecule has 0 saturated carbocycles. The highest BCUT2D eigenvalue weighted by atomic mass is 32.2. The van der Waals surface area contributed by atoms with Gasteiger partial charge in [0, 0.05) is 18.7 Å². The van der Waals surface area contributed by atoms with Crippen LogP contribution in [0.15, 0.2) is 24.3 Å². The SMILES string of the molecule is CC(C)(C)C1(CC#N)CCN(Cc2ccc(NS(C)(=O)=O)cc2)CC1. The highest BCUT2D eigenvalue weighted by Gasteiger charge is 2.43. The van der Waals surface area contributed by atoms with E-state index < -0.39 is 10.0 Å². The molecular formula is C19H29N3O2S. The van der Waals surface area contributed by atoms with Crippen LogP contribution in [0.3, 0.4) is 0 Å². The van der Waals surface area contributed by atoms with E-state index in [1.807, 2.05) is 12.1 Å². The lowest BCUT2D eigenvalue weighted by Gasteiger charge is -2.49. The highest BCUT2D eigenvalue weighted by Crippen LogP contribution is 2.49. The van der Waals surface area contributed by atoms with Crippen LogP contribution in [-0.2, 0) is 16.6 Å². The van der Waals surface area contributed by atoms with Crippen LogP contribution in [0.4, 0.5) is 5.69 Å². The fourth-order valence-corrected chi connectivity index (χ4v) is 4.20. The maximum atomic E-state index is 11.3. The summed E-state index contributed by atoms with van der Waals surface area (Å²) in [6.07, 6.45) is 3.85. The first-order chi connectivity index (χ1) is 11.5. The van der Waals surface area contributed by atoms with Crippen LogP contribution < -0.4 is 4.72 Å². The minimum atomic E-state index is -3.24. The largest absolute Gasteiger partial charge is 0.299 e. The molecule has 0 unspecified atom stereocenters. The van der Waals surface area contributed by atoms with Gasteiger partial charge in [0.15, 0.2) is 0 Å². The molecule has 1 aliphatic heterocycles. The molecule has 1 fully saturated rings. The Hall–Kier alpha value is -1.58. The summed E-state index contributed by atoms with van der Waals surface area (Å²) in [6, 6.07) is 9.94. The van der Waals surface area contributed by atoms with Crippen molar-refractivity contribution in [3.63, 3.8) is 0 Å². The third-order valence-electron chi connectivity index (χ3n) is 5.48. The number of rotatable bonds is 5. The molecule has 0 spiro atoms. The Balaban J connectivity index is 1.97. The third-order valence-corrected chi connectivity index (χ3v) is 6.09. The molecule has 0 aromatic heterocycles. The first kappa shape index (κ1) is 19.7. The molecule has 25 heavy (non-hydrogen) atoms. The molecule has 0 aliphatic carbocycles. The Morgan fingerprint density at radius 1 is 1.20 bits per heavy atom. The van der Waals surface area contributed by atoms with E-state index in [1.165, 1.54) is 5.56 Å². The van der Waals surface area contributed by atoms with Gasteiger partial charge in [-0.2, -0.15) is 5.26 Å². The summed E-state index contributed by atoms with van der Waals surface area (Å²) >= 11 is 0. The third kappa shape index (κ3) is 5.20. The molecule has 1 aliphatic rings. The van der Waals surface area contributed by atoms with Crippen molar-refractivity contribution in [3.8, 4) is 6.07 Å². The number of hydrogen-bond donors (Lipinski definition) is 1. The number of nitrogens with zero attached hydrogens (tertiary/aromatic N) is 2. The first-order valence-corrected chi connectivity index (χ1v) is 10.6. The van der Waals surface area contributed by atoms with Crippen LogP contribution in [-0.4, -0.2) is 32.7 Å². The van der Waals surface area contributed by atoms with Crippen molar-refractivity contribution in [2.24, 2.45) is 10.8 Å². The average Bonchev–Trinajstić information content (AvgIpc) is 2.49. The van der Waals surface area contributed by atoms with E-state index in [0.29, 0.717) is 12.1 Å². The second-order valence-electron chi connectivity index (χ2n) is 8.21. The quantitative estimate of drug-likeness (QED) is 0.867. The van der Waals surface area contributed by atoms with E-state index in [9.17, 15) is 13.7 Å². The summed E-state index contributed by atoms with van der Waals surface area (Å²) in [5.41, 5.74) is 1.99. The van der Waals surface area contributed by atoms with E-state index in [4.69, 9.17) is 0 Å². The fraction of sp³-hybridized carbons (Fsp3) is 0.632. The monoisotopic (exact) mass is 363 g/mol. The van der Waals surface area contributed by atoms with Crippen molar-refractivity contribution >= 4 is 15.7 Å². The summed E-state index contributed by atoms with van der Waals surface area (Å²) in [5.74, 6) is 0. The summed E-state index contributed by atoms with van der Waals surface area (Å²) in [5, 5.41) is 9.24. The maximum absolute atomic E-state index is 11.3. The fourth-order valence-electron chi connectivity index (χ4n) is 3.63. The molecule has 1 aromatic carbocycles. The molecule has 1 N–H and O–H groups in total. The zero-order valence-electron chi connectivity index (χ0n) is 15.7. The molecular weight excluding hydrogens is 334 g/mol. The Labute approximate surface area is 152 Å². The second kappa shape index (κ2) is 7.35. The van der Waals surface area contributed by atoms with Gasteiger partial charge in [-0.05, 0) is 54.5 Å². The minimum Gasteiger partial charge on any atom is -0.299 e. The predicted octanol–water partition coefficient (Wildman–Crippen LogP) is 3.60. The lowest BCUT2D eigenvalue weighted by molar-refractivity contribution is 0.00711. The highest BCUT2D eigenvalue weighted by molar-refractivity contribution is 7.92. The van der Waals surface area contributed by atoms with Gasteiger partial charge in [0.2, 0.25) is 10.0 Å². The first-order valence-electron chi connectivity index (χ1n) is 8.71. The van der Waals surface area contributed by atoms with Crippen LogP contribution in [0.25, 0.3) is 0 Å². The number of piperidine rings is 1. The van der Waals surface area contributed by atoms with Crippen molar-refractivity contribution in [2.75, 3.05) is 24.1 Å². The summed E-state index contributed by atoms with van der Waals surface area (Å²) in [6.45, 7) is 9.56. The Kier molecular flexibility index (Phi) is 5.80. The Bertz CT molecular complexity index is 719. The van der Waals surface area contributed by atoms with Crippen molar-refractivity contribution in [1.82, 2.24) is 4.90 Å². The lowest BCUT2D eigenvalue weighted by Crippen LogP contribution is -2.46. The smallest absolute Gasteiger partial charge is 0.229 e. The topological polar surface area (TPSA) is 73.2 Å². The van der Waals surface area contributed by atoms with E-state index in [-0.39, 0.29) is 10.8 Å². The average molecular weight is 364 g/mol. The zero-order chi connectivity index (χ0) is 18.7. The van der Waals surface area contributed by atoms with E-state index in [1.54, 1.807) is 12.1 Å². The number of anilines is 1.